The van der Waals surface area contributed by atoms with Crippen LogP contribution in [0.1, 0.15) is 128 Å². The molecular weight excluding hydrogens is 886 g/mol. The molecule has 5 aromatic rings. The Kier molecular flexibility index (Phi) is 16.6. The zero-order chi connectivity index (χ0) is 37.2. The summed E-state index contributed by atoms with van der Waals surface area (Å²) >= 11 is 8.34. The van der Waals surface area contributed by atoms with Crippen LogP contribution >= 0.6 is 31.9 Å². The number of rotatable bonds is 2. The first-order valence-electron chi connectivity index (χ1n) is 17.6. The summed E-state index contributed by atoms with van der Waals surface area (Å²) in [4.78, 5) is 0. The van der Waals surface area contributed by atoms with E-state index in [0.717, 1.165) is 15.4 Å². The molecule has 0 bridgehead atoms. The zero-order valence-electron chi connectivity index (χ0n) is 33.0. The Bertz CT molecular complexity index is 1840. The molecule has 0 radical (unpaired) electrons. The Morgan fingerprint density at radius 3 is 1.44 bits per heavy atom. The molecule has 0 N–H and O–H groups in total. The van der Waals surface area contributed by atoms with Crippen LogP contribution in [0.25, 0.3) is 11.1 Å². The van der Waals surface area contributed by atoms with Crippen molar-refractivity contribution in [2.24, 2.45) is 0 Å². The molecule has 1 aliphatic carbocycles. The first-order valence-corrected chi connectivity index (χ1v) is 20.4. The Balaban J connectivity index is 0.000000340. The van der Waals surface area contributed by atoms with Crippen LogP contribution in [0.4, 0.5) is 0 Å². The summed E-state index contributed by atoms with van der Waals surface area (Å²) in [6.07, 6.45) is 1.01. The summed E-state index contributed by atoms with van der Waals surface area (Å²) in [5.74, 6) is 0. The quantitative estimate of drug-likeness (QED) is 0.155. The zero-order valence-corrected chi connectivity index (χ0v) is 40.1. The van der Waals surface area contributed by atoms with Gasteiger partial charge in [0.1, 0.15) is 0 Å². The van der Waals surface area contributed by atoms with Crippen LogP contribution in [0, 0.1) is 6.07 Å². The fourth-order valence-electron chi connectivity index (χ4n) is 6.23. The normalized spacial score (nSPS) is 12.2. The fourth-order valence-corrected chi connectivity index (χ4v) is 7.58. The largest absolute Gasteiger partial charge is 1.00 e. The second-order valence-electron chi connectivity index (χ2n) is 17.5. The van der Waals surface area contributed by atoms with Crippen LogP contribution in [0.2, 0.25) is 0 Å². The predicted octanol–water partition coefficient (Wildman–Crippen LogP) is 7.99. The summed E-state index contributed by atoms with van der Waals surface area (Å²) in [7, 11) is 0. The van der Waals surface area contributed by atoms with E-state index in [-0.39, 0.29) is 46.5 Å². The molecule has 0 fully saturated rings. The molecule has 0 atom stereocenters. The van der Waals surface area contributed by atoms with Crippen LogP contribution in [-0.2, 0) is 52.3 Å². The van der Waals surface area contributed by atoms with Crippen LogP contribution < -0.4 is 24.8 Å². The number of fused-ring (bicyclic) bond motifs is 3. The molecule has 0 heterocycles. The Hall–Kier alpha value is -1.48. The molecule has 276 valence electrons. The maximum Gasteiger partial charge on any atom is -0.0132 e. The average molecular weight is 941 g/mol. The first kappa shape index (κ1) is 46.7. The molecule has 5 aromatic carbocycles. The predicted molar refractivity (Wildman–Crippen MR) is 222 cm³/mol. The number of hydrogen-bond acceptors (Lipinski definition) is 0. The third-order valence-corrected chi connectivity index (χ3v) is 11.5. The van der Waals surface area contributed by atoms with Crippen molar-refractivity contribution in [3.8, 4) is 11.1 Å². The summed E-state index contributed by atoms with van der Waals surface area (Å²) in [6.45, 7) is 28.0. The van der Waals surface area contributed by atoms with Crippen molar-refractivity contribution in [2.75, 3.05) is 0 Å². The summed E-state index contributed by atoms with van der Waals surface area (Å²) in [5.41, 5.74) is 14.6. The third kappa shape index (κ3) is 12.0. The number of benzene rings is 4. The topological polar surface area (TPSA) is 0 Å². The maximum absolute atomic E-state index is 3.92. The van der Waals surface area contributed by atoms with Crippen LogP contribution in [0.15, 0.2) is 106 Å². The minimum absolute atomic E-state index is 0. The van der Waals surface area contributed by atoms with E-state index in [2.05, 4.69) is 188 Å². The Morgan fingerprint density at radius 1 is 0.615 bits per heavy atom. The molecule has 0 nitrogen and oxygen atoms in total. The average Bonchev–Trinajstić information content (AvgIpc) is 3.71. The molecule has 0 aromatic heterocycles. The standard InChI is InChI=1S/C29H41.C13H8Br2.C5H5.2ClH.Zr/c1-26(2,3)20-14-19-13-18-15-22(27(4,5)6)23(28(7,8)9)17-21(18)25(19)24(16-20)29(10,11)12;14-12-5-1-10(2-6-12)9-11-3-7-13(15)8-4-11;1-2-4-5-3-1;;;/h14,16-17H,13H2,1-12H3;1-8H;1-5H;2*1H;/q-1;;-1;;;+2/p-2. The summed E-state index contributed by atoms with van der Waals surface area (Å²) in [5, 5.41) is 0. The summed E-state index contributed by atoms with van der Waals surface area (Å²) < 4.78 is 3.62. The molecule has 5 heteroatoms. The monoisotopic (exact) mass is 936 g/mol. The van der Waals surface area contributed by atoms with E-state index < -0.39 is 0 Å². The molecule has 52 heavy (non-hydrogen) atoms. The van der Waals surface area contributed by atoms with Crippen molar-refractivity contribution in [1.29, 1.82) is 0 Å². The van der Waals surface area contributed by atoms with Gasteiger partial charge in [0, 0.05) is 0 Å². The van der Waals surface area contributed by atoms with Gasteiger partial charge in [0.15, 0.2) is 0 Å². The molecule has 1 aliphatic rings. The summed E-state index contributed by atoms with van der Waals surface area (Å²) in [6, 6.07) is 38.3. The van der Waals surface area contributed by atoms with Gasteiger partial charge in [-0.3, -0.25) is 0 Å². The molecule has 0 saturated carbocycles. The van der Waals surface area contributed by atoms with Crippen LogP contribution in [0.5, 0.6) is 0 Å². The Morgan fingerprint density at radius 2 is 1.08 bits per heavy atom. The van der Waals surface area contributed by atoms with Gasteiger partial charge in [-0.15, -0.1) is 16.7 Å². The minimum atomic E-state index is 0. The molecule has 0 amide bonds. The van der Waals surface area contributed by atoms with E-state index in [4.69, 9.17) is 0 Å². The van der Waals surface area contributed by atoms with Gasteiger partial charge in [0.25, 0.3) is 0 Å². The maximum atomic E-state index is 3.92. The van der Waals surface area contributed by atoms with Crippen molar-refractivity contribution < 1.29 is 49.0 Å². The molecule has 0 saturated heterocycles. The second kappa shape index (κ2) is 18.4. The Labute approximate surface area is 359 Å². The van der Waals surface area contributed by atoms with Crippen LogP contribution in [-0.4, -0.2) is 3.21 Å². The van der Waals surface area contributed by atoms with Crippen molar-refractivity contribution in [3.05, 3.63) is 157 Å². The van der Waals surface area contributed by atoms with Gasteiger partial charge in [-0.05, 0) is 39.4 Å². The van der Waals surface area contributed by atoms with Crippen molar-refractivity contribution in [3.63, 3.8) is 0 Å². The number of halogens is 4. The molecule has 0 aliphatic heterocycles. The van der Waals surface area contributed by atoms with Gasteiger partial charge in [-0.1, -0.05) is 106 Å². The van der Waals surface area contributed by atoms with E-state index in [0.29, 0.717) is 0 Å². The van der Waals surface area contributed by atoms with Crippen LogP contribution in [0.3, 0.4) is 0 Å². The van der Waals surface area contributed by atoms with E-state index in [9.17, 15) is 0 Å². The van der Waals surface area contributed by atoms with Crippen molar-refractivity contribution >= 4 is 35.1 Å². The van der Waals surface area contributed by atoms with E-state index >= 15 is 0 Å². The molecule has 0 spiro atoms. The van der Waals surface area contributed by atoms with Gasteiger partial charge in [0.05, 0.1) is 0 Å². The molecule has 0 unspecified atom stereocenters. The molecule has 6 rings (SSSR count). The van der Waals surface area contributed by atoms with Gasteiger partial charge in [-0.2, -0.15) is 35.9 Å². The fraction of sp³-hybridized carbons (Fsp3) is 0.362. The van der Waals surface area contributed by atoms with Gasteiger partial charge < -0.3 is 24.8 Å². The SMILES string of the molecule is Brc1ccc([C](=[Zr+2])c2ccc(Br)cc2)cc1.CC(C)(C)c1cc2c(c(C(C)(C)C)c1)-c1cc(C(C)(C)C)c(C(C)(C)C)[c-]c1C2.[Cl-].[Cl-].c1cc[cH-]c1. The smallest absolute Gasteiger partial charge is 0.0132 e. The number of hydrogen-bond donors (Lipinski definition) is 0. The molecular formula is C47H54Br2Cl2Zr-2. The van der Waals surface area contributed by atoms with E-state index in [1.165, 1.54) is 83.1 Å². The first-order chi connectivity index (χ1) is 23.1. The second-order valence-corrected chi connectivity index (χ2v) is 20.6. The van der Waals surface area contributed by atoms with Gasteiger partial charge in [0.2, 0.25) is 0 Å². The van der Waals surface area contributed by atoms with E-state index in [1.54, 1.807) is 0 Å². The van der Waals surface area contributed by atoms with Crippen molar-refractivity contribution in [1.82, 2.24) is 0 Å². The van der Waals surface area contributed by atoms with Gasteiger partial charge in [-0.25, -0.2) is 12.1 Å². The van der Waals surface area contributed by atoms with E-state index in [1.807, 2.05) is 30.3 Å². The van der Waals surface area contributed by atoms with Gasteiger partial charge >= 0.3 is 128 Å². The van der Waals surface area contributed by atoms with Crippen molar-refractivity contribution in [2.45, 2.75) is 111 Å². The minimum Gasteiger partial charge on any atom is -1.00 e. The third-order valence-electron chi connectivity index (χ3n) is 9.07.